The van der Waals surface area contributed by atoms with Gasteiger partial charge in [-0.3, -0.25) is 0 Å². The van der Waals surface area contributed by atoms with Crippen molar-refractivity contribution < 1.29 is 13.5 Å². The van der Waals surface area contributed by atoms with Gasteiger partial charge in [-0.1, -0.05) is 13.3 Å². The Bertz CT molecular complexity index is 440. The summed E-state index contributed by atoms with van der Waals surface area (Å²) in [5, 5.41) is 9.17. The number of nitrogen functional groups attached to an aromatic ring is 1. The monoisotopic (exact) mass is 229 g/mol. The minimum absolute atomic E-state index is 0.0903. The summed E-state index contributed by atoms with van der Waals surface area (Å²) < 4.78 is 23.4. The molecule has 5 heteroatoms. The van der Waals surface area contributed by atoms with Crippen molar-refractivity contribution in [3.8, 4) is 5.75 Å². The maximum Gasteiger partial charge on any atom is 0.178 e. The van der Waals surface area contributed by atoms with Crippen LogP contribution >= 0.6 is 0 Å². The highest BCUT2D eigenvalue weighted by molar-refractivity contribution is 7.91. The first-order valence-electron chi connectivity index (χ1n) is 4.78. The largest absolute Gasteiger partial charge is 0.506 e. The fourth-order valence-corrected chi connectivity index (χ4v) is 2.66. The first kappa shape index (κ1) is 11.8. The summed E-state index contributed by atoms with van der Waals surface area (Å²) >= 11 is 0. The van der Waals surface area contributed by atoms with Crippen molar-refractivity contribution in [1.82, 2.24) is 0 Å². The van der Waals surface area contributed by atoms with Gasteiger partial charge in [-0.25, -0.2) is 8.42 Å². The van der Waals surface area contributed by atoms with E-state index in [1.807, 2.05) is 6.92 Å². The topological polar surface area (TPSA) is 80.4 Å². The lowest BCUT2D eigenvalue weighted by molar-refractivity contribution is 0.477. The van der Waals surface area contributed by atoms with Gasteiger partial charge in [0.1, 0.15) is 5.75 Å². The third-order valence-corrected chi connectivity index (χ3v) is 3.92. The molecular formula is C10H15NO3S. The molecule has 0 saturated heterocycles. The van der Waals surface area contributed by atoms with E-state index < -0.39 is 9.84 Å². The lowest BCUT2D eigenvalue weighted by Crippen LogP contribution is -2.07. The van der Waals surface area contributed by atoms with Gasteiger partial charge in [0, 0.05) is 0 Å². The Balaban J connectivity index is 3.00. The highest BCUT2D eigenvalue weighted by Gasteiger charge is 2.14. The third-order valence-electron chi connectivity index (χ3n) is 2.12. The van der Waals surface area contributed by atoms with E-state index in [1.54, 1.807) is 0 Å². The van der Waals surface area contributed by atoms with E-state index in [4.69, 9.17) is 10.8 Å². The van der Waals surface area contributed by atoms with Crippen molar-refractivity contribution in [2.24, 2.45) is 0 Å². The van der Waals surface area contributed by atoms with Crippen LogP contribution in [0.2, 0.25) is 0 Å². The average molecular weight is 229 g/mol. The Hall–Kier alpha value is -1.23. The van der Waals surface area contributed by atoms with Crippen LogP contribution in [-0.4, -0.2) is 19.3 Å². The molecule has 0 aromatic heterocycles. The molecule has 0 unspecified atom stereocenters. The van der Waals surface area contributed by atoms with E-state index in [0.29, 0.717) is 6.42 Å². The zero-order valence-electron chi connectivity index (χ0n) is 8.60. The fraction of sp³-hybridized carbons (Fsp3) is 0.400. The fourth-order valence-electron chi connectivity index (χ4n) is 1.18. The number of aromatic hydroxyl groups is 1. The number of hydrogen-bond acceptors (Lipinski definition) is 4. The maximum atomic E-state index is 11.7. The van der Waals surface area contributed by atoms with Crippen LogP contribution in [0, 0.1) is 0 Å². The molecule has 0 amide bonds. The average Bonchev–Trinajstić information content (AvgIpc) is 2.19. The van der Waals surface area contributed by atoms with E-state index >= 15 is 0 Å². The van der Waals surface area contributed by atoms with Crippen LogP contribution < -0.4 is 5.73 Å². The van der Waals surface area contributed by atoms with E-state index in [-0.39, 0.29) is 22.1 Å². The number of phenolic OH excluding ortho intramolecular Hbond substituents is 1. The second-order valence-electron chi connectivity index (χ2n) is 3.39. The molecule has 15 heavy (non-hydrogen) atoms. The smallest absolute Gasteiger partial charge is 0.178 e. The van der Waals surface area contributed by atoms with Crippen LogP contribution in [0.1, 0.15) is 19.8 Å². The quantitative estimate of drug-likeness (QED) is 0.606. The van der Waals surface area contributed by atoms with Crippen molar-refractivity contribution in [3.05, 3.63) is 18.2 Å². The lowest BCUT2D eigenvalue weighted by atomic mass is 10.3. The number of hydrogen-bond donors (Lipinski definition) is 2. The summed E-state index contributed by atoms with van der Waals surface area (Å²) in [5.41, 5.74) is 5.52. The normalized spacial score (nSPS) is 11.5. The Labute approximate surface area is 89.7 Å². The zero-order chi connectivity index (χ0) is 11.5. The predicted octanol–water partition coefficient (Wildman–Crippen LogP) is 1.55. The zero-order valence-corrected chi connectivity index (χ0v) is 9.42. The second kappa shape index (κ2) is 4.53. The van der Waals surface area contributed by atoms with Crippen molar-refractivity contribution in [3.63, 3.8) is 0 Å². The molecule has 0 spiro atoms. The molecule has 0 radical (unpaired) electrons. The lowest BCUT2D eigenvalue weighted by Gasteiger charge is -2.05. The molecule has 0 saturated carbocycles. The van der Waals surface area contributed by atoms with Gasteiger partial charge >= 0.3 is 0 Å². The van der Waals surface area contributed by atoms with Crippen molar-refractivity contribution in [2.75, 3.05) is 11.5 Å². The Morgan fingerprint density at radius 1 is 1.40 bits per heavy atom. The molecule has 0 atom stereocenters. The van der Waals surface area contributed by atoms with Gasteiger partial charge in [0.2, 0.25) is 0 Å². The van der Waals surface area contributed by atoms with E-state index in [9.17, 15) is 8.42 Å². The Morgan fingerprint density at radius 3 is 2.60 bits per heavy atom. The molecule has 0 bridgehead atoms. The molecule has 0 fully saturated rings. The summed E-state index contributed by atoms with van der Waals surface area (Å²) in [6, 6.07) is 3.96. The predicted molar refractivity (Wildman–Crippen MR) is 59.5 cm³/mol. The number of sulfone groups is 1. The van der Waals surface area contributed by atoms with Crippen molar-refractivity contribution in [2.45, 2.75) is 24.7 Å². The van der Waals surface area contributed by atoms with E-state index in [1.165, 1.54) is 18.2 Å². The number of benzene rings is 1. The number of unbranched alkanes of at least 4 members (excludes halogenated alkanes) is 1. The summed E-state index contributed by atoms with van der Waals surface area (Å²) in [7, 11) is -3.25. The van der Waals surface area contributed by atoms with Gasteiger partial charge in [-0.05, 0) is 24.6 Å². The van der Waals surface area contributed by atoms with Crippen LogP contribution in [0.15, 0.2) is 23.1 Å². The molecular weight excluding hydrogens is 214 g/mol. The number of rotatable bonds is 4. The molecule has 1 aromatic rings. The number of phenols is 1. The van der Waals surface area contributed by atoms with Crippen LogP contribution in [-0.2, 0) is 9.84 Å². The SMILES string of the molecule is CCCCS(=O)(=O)c1ccc(O)c(N)c1. The van der Waals surface area contributed by atoms with Gasteiger partial charge in [0.05, 0.1) is 16.3 Å². The summed E-state index contributed by atoms with van der Waals surface area (Å²) in [6.45, 7) is 1.93. The molecule has 3 N–H and O–H groups in total. The van der Waals surface area contributed by atoms with Crippen LogP contribution in [0.25, 0.3) is 0 Å². The summed E-state index contributed by atoms with van der Waals surface area (Å²) in [6.07, 6.45) is 1.45. The van der Waals surface area contributed by atoms with E-state index in [0.717, 1.165) is 6.42 Å². The Morgan fingerprint density at radius 2 is 2.07 bits per heavy atom. The first-order valence-corrected chi connectivity index (χ1v) is 6.44. The van der Waals surface area contributed by atoms with Crippen molar-refractivity contribution >= 4 is 15.5 Å². The molecule has 0 aliphatic heterocycles. The number of anilines is 1. The summed E-state index contributed by atoms with van der Waals surface area (Å²) in [4.78, 5) is 0.172. The van der Waals surface area contributed by atoms with Gasteiger partial charge in [-0.2, -0.15) is 0 Å². The second-order valence-corrected chi connectivity index (χ2v) is 5.50. The van der Waals surface area contributed by atoms with Gasteiger partial charge < -0.3 is 10.8 Å². The molecule has 0 heterocycles. The standard InChI is InChI=1S/C10H15NO3S/c1-2-3-6-15(13,14)8-4-5-10(12)9(11)7-8/h4-5,7,12H,2-3,6,11H2,1H3. The third kappa shape index (κ3) is 2.86. The molecule has 1 aromatic carbocycles. The molecule has 4 nitrogen and oxygen atoms in total. The summed E-state index contributed by atoms with van der Waals surface area (Å²) in [5.74, 6) is 0.0257. The Kier molecular flexibility index (Phi) is 3.57. The highest BCUT2D eigenvalue weighted by Crippen LogP contribution is 2.24. The van der Waals surface area contributed by atoms with Crippen LogP contribution in [0.5, 0.6) is 5.75 Å². The van der Waals surface area contributed by atoms with Crippen LogP contribution in [0.4, 0.5) is 5.69 Å². The first-order chi connectivity index (χ1) is 6.97. The molecule has 0 aliphatic rings. The maximum absolute atomic E-state index is 11.7. The van der Waals surface area contributed by atoms with Crippen LogP contribution in [0.3, 0.4) is 0 Å². The van der Waals surface area contributed by atoms with E-state index in [2.05, 4.69) is 0 Å². The van der Waals surface area contributed by atoms with Crippen molar-refractivity contribution in [1.29, 1.82) is 0 Å². The molecule has 0 aliphatic carbocycles. The number of nitrogens with two attached hydrogens (primary N) is 1. The minimum Gasteiger partial charge on any atom is -0.506 e. The molecule has 84 valence electrons. The van der Waals surface area contributed by atoms with Gasteiger partial charge in [-0.15, -0.1) is 0 Å². The highest BCUT2D eigenvalue weighted by atomic mass is 32.2. The minimum atomic E-state index is -3.25. The molecule has 1 rings (SSSR count). The van der Waals surface area contributed by atoms with Gasteiger partial charge in [0.25, 0.3) is 0 Å². The van der Waals surface area contributed by atoms with Gasteiger partial charge in [0.15, 0.2) is 9.84 Å².